The van der Waals surface area contributed by atoms with Crippen LogP contribution in [0.25, 0.3) is 0 Å². The van der Waals surface area contributed by atoms with Gasteiger partial charge in [0.05, 0.1) is 13.2 Å². The van der Waals surface area contributed by atoms with Crippen LogP contribution in [-0.2, 0) is 19.1 Å². The molecule has 1 N–H and O–H groups in total. The molecular formula is C17H23NO4. The van der Waals surface area contributed by atoms with Crippen LogP contribution in [0.15, 0.2) is 23.9 Å². The topological polar surface area (TPSA) is 64.6 Å². The lowest BCUT2D eigenvalue weighted by Gasteiger charge is -2.12. The molecule has 0 aliphatic carbocycles. The van der Waals surface area contributed by atoms with E-state index in [0.29, 0.717) is 0 Å². The van der Waals surface area contributed by atoms with Crippen molar-refractivity contribution in [2.45, 2.75) is 34.6 Å². The Morgan fingerprint density at radius 2 is 1.45 bits per heavy atom. The first kappa shape index (κ1) is 17.8. The fourth-order valence-electron chi connectivity index (χ4n) is 2.17. The Bertz CT molecular complexity index is 547. The molecule has 0 aromatic heterocycles. The van der Waals surface area contributed by atoms with Gasteiger partial charge in [0.2, 0.25) is 0 Å². The minimum Gasteiger partial charge on any atom is -0.462 e. The standard InChI is InChI=1S/C17H23NO4/c1-6-21-16(19)14(17(20)22-7-2)10-18-15-12(4)8-11(3)9-13(15)5/h8-10,18H,6-7H2,1-5H3. The number of carbonyl (C=O) groups excluding carboxylic acids is 2. The van der Waals surface area contributed by atoms with Gasteiger partial charge in [-0.15, -0.1) is 0 Å². The lowest BCUT2D eigenvalue weighted by Crippen LogP contribution is -2.19. The molecule has 0 saturated heterocycles. The molecule has 120 valence electrons. The van der Waals surface area contributed by atoms with Gasteiger partial charge < -0.3 is 14.8 Å². The maximum Gasteiger partial charge on any atom is 0.347 e. The van der Waals surface area contributed by atoms with E-state index in [-0.39, 0.29) is 18.8 Å². The van der Waals surface area contributed by atoms with Crippen molar-refractivity contribution in [1.82, 2.24) is 0 Å². The first-order chi connectivity index (χ1) is 10.4. The van der Waals surface area contributed by atoms with Crippen LogP contribution in [-0.4, -0.2) is 25.2 Å². The molecule has 0 radical (unpaired) electrons. The van der Waals surface area contributed by atoms with Gasteiger partial charge in [0, 0.05) is 11.9 Å². The van der Waals surface area contributed by atoms with E-state index in [1.54, 1.807) is 13.8 Å². The summed E-state index contributed by atoms with van der Waals surface area (Å²) in [4.78, 5) is 23.7. The van der Waals surface area contributed by atoms with Crippen LogP contribution in [0.2, 0.25) is 0 Å². The fourth-order valence-corrected chi connectivity index (χ4v) is 2.17. The van der Waals surface area contributed by atoms with Crippen LogP contribution >= 0.6 is 0 Å². The summed E-state index contributed by atoms with van der Waals surface area (Å²) in [7, 11) is 0. The van der Waals surface area contributed by atoms with Crippen molar-refractivity contribution in [3.05, 3.63) is 40.6 Å². The monoisotopic (exact) mass is 305 g/mol. The van der Waals surface area contributed by atoms with Gasteiger partial charge in [-0.25, -0.2) is 9.59 Å². The van der Waals surface area contributed by atoms with E-state index in [1.165, 1.54) is 6.20 Å². The quantitative estimate of drug-likeness (QED) is 0.379. The minimum atomic E-state index is -0.698. The molecular weight excluding hydrogens is 282 g/mol. The Hall–Kier alpha value is -2.30. The largest absolute Gasteiger partial charge is 0.462 e. The number of aryl methyl sites for hydroxylation is 3. The third-order valence-corrected chi connectivity index (χ3v) is 3.03. The van der Waals surface area contributed by atoms with E-state index in [2.05, 4.69) is 5.32 Å². The summed E-state index contributed by atoms with van der Waals surface area (Å²) >= 11 is 0. The molecule has 0 atom stereocenters. The highest BCUT2D eigenvalue weighted by Gasteiger charge is 2.21. The first-order valence-corrected chi connectivity index (χ1v) is 7.29. The molecule has 0 spiro atoms. The SMILES string of the molecule is CCOC(=O)C(=CNc1c(C)cc(C)cc1C)C(=O)OCC. The van der Waals surface area contributed by atoms with Gasteiger partial charge in [-0.05, 0) is 45.7 Å². The molecule has 0 heterocycles. The maximum absolute atomic E-state index is 11.9. The van der Waals surface area contributed by atoms with Gasteiger partial charge in [0.15, 0.2) is 5.57 Å². The second-order valence-electron chi connectivity index (χ2n) is 4.92. The molecule has 0 amide bonds. The predicted molar refractivity (Wildman–Crippen MR) is 85.6 cm³/mol. The molecule has 5 nitrogen and oxygen atoms in total. The number of nitrogens with one attached hydrogen (secondary N) is 1. The third-order valence-electron chi connectivity index (χ3n) is 3.03. The van der Waals surface area contributed by atoms with Crippen LogP contribution in [0.1, 0.15) is 30.5 Å². The second-order valence-corrected chi connectivity index (χ2v) is 4.92. The smallest absolute Gasteiger partial charge is 0.347 e. The van der Waals surface area contributed by atoms with Crippen molar-refractivity contribution in [3.8, 4) is 0 Å². The van der Waals surface area contributed by atoms with E-state index < -0.39 is 11.9 Å². The number of carbonyl (C=O) groups is 2. The molecule has 1 aromatic rings. The molecule has 0 saturated carbocycles. The summed E-state index contributed by atoms with van der Waals surface area (Å²) in [5.41, 5.74) is 3.92. The summed E-state index contributed by atoms with van der Waals surface area (Å²) in [6.45, 7) is 9.69. The first-order valence-electron chi connectivity index (χ1n) is 7.29. The number of ether oxygens (including phenoxy) is 2. The Labute approximate surface area is 131 Å². The Morgan fingerprint density at radius 3 is 1.86 bits per heavy atom. The second kappa shape index (κ2) is 8.22. The van der Waals surface area contributed by atoms with Gasteiger partial charge in [-0.1, -0.05) is 17.7 Å². The van der Waals surface area contributed by atoms with Crippen LogP contribution in [0.3, 0.4) is 0 Å². The van der Waals surface area contributed by atoms with E-state index >= 15 is 0 Å². The Morgan fingerprint density at radius 1 is 1.00 bits per heavy atom. The number of rotatable bonds is 6. The lowest BCUT2D eigenvalue weighted by atomic mass is 10.1. The average molecular weight is 305 g/mol. The summed E-state index contributed by atoms with van der Waals surface area (Å²) in [6.07, 6.45) is 1.35. The zero-order valence-electron chi connectivity index (χ0n) is 13.8. The van der Waals surface area contributed by atoms with Gasteiger partial charge in [-0.2, -0.15) is 0 Å². The van der Waals surface area contributed by atoms with Crippen molar-refractivity contribution >= 4 is 17.6 Å². The molecule has 5 heteroatoms. The van der Waals surface area contributed by atoms with Gasteiger partial charge >= 0.3 is 11.9 Å². The van der Waals surface area contributed by atoms with Gasteiger partial charge in [0.1, 0.15) is 0 Å². The molecule has 0 aliphatic rings. The highest BCUT2D eigenvalue weighted by molar-refractivity contribution is 6.14. The van der Waals surface area contributed by atoms with E-state index in [9.17, 15) is 9.59 Å². The minimum absolute atomic E-state index is 0.150. The number of benzene rings is 1. The van der Waals surface area contributed by atoms with Crippen LogP contribution < -0.4 is 5.32 Å². The number of hydrogen-bond acceptors (Lipinski definition) is 5. The Balaban J connectivity index is 3.08. The summed E-state index contributed by atoms with van der Waals surface area (Å²) < 4.78 is 9.78. The maximum atomic E-state index is 11.9. The van der Waals surface area contributed by atoms with E-state index in [1.807, 2.05) is 32.9 Å². The molecule has 0 fully saturated rings. The third kappa shape index (κ3) is 4.62. The number of anilines is 1. The van der Waals surface area contributed by atoms with Gasteiger partial charge in [0.25, 0.3) is 0 Å². The lowest BCUT2D eigenvalue weighted by molar-refractivity contribution is -0.146. The van der Waals surface area contributed by atoms with Crippen LogP contribution in [0, 0.1) is 20.8 Å². The summed E-state index contributed by atoms with van der Waals surface area (Å²) in [5, 5.41) is 3.02. The van der Waals surface area contributed by atoms with Crippen molar-refractivity contribution in [2.24, 2.45) is 0 Å². The van der Waals surface area contributed by atoms with Crippen molar-refractivity contribution in [3.63, 3.8) is 0 Å². The number of hydrogen-bond donors (Lipinski definition) is 1. The summed E-state index contributed by atoms with van der Waals surface area (Å²) in [5.74, 6) is -1.40. The Kier molecular flexibility index (Phi) is 6.63. The van der Waals surface area contributed by atoms with Crippen LogP contribution in [0.5, 0.6) is 0 Å². The molecule has 1 rings (SSSR count). The van der Waals surface area contributed by atoms with Crippen LogP contribution in [0.4, 0.5) is 5.69 Å². The van der Waals surface area contributed by atoms with Crippen molar-refractivity contribution < 1.29 is 19.1 Å². The average Bonchev–Trinajstić information content (AvgIpc) is 2.42. The van der Waals surface area contributed by atoms with E-state index in [0.717, 1.165) is 22.4 Å². The predicted octanol–water partition coefficient (Wildman–Crippen LogP) is 3.03. The fraction of sp³-hybridized carbons (Fsp3) is 0.412. The number of esters is 2. The van der Waals surface area contributed by atoms with E-state index in [4.69, 9.17) is 9.47 Å². The molecule has 0 unspecified atom stereocenters. The zero-order valence-corrected chi connectivity index (χ0v) is 13.8. The molecule has 1 aromatic carbocycles. The highest BCUT2D eigenvalue weighted by atomic mass is 16.6. The summed E-state index contributed by atoms with van der Waals surface area (Å²) in [6, 6.07) is 4.05. The highest BCUT2D eigenvalue weighted by Crippen LogP contribution is 2.22. The van der Waals surface area contributed by atoms with Gasteiger partial charge in [-0.3, -0.25) is 0 Å². The molecule has 0 bridgehead atoms. The normalized spacial score (nSPS) is 9.86. The molecule has 0 aliphatic heterocycles. The van der Waals surface area contributed by atoms with Crippen molar-refractivity contribution in [2.75, 3.05) is 18.5 Å². The van der Waals surface area contributed by atoms with Crippen molar-refractivity contribution in [1.29, 1.82) is 0 Å². The molecule has 22 heavy (non-hydrogen) atoms. The zero-order chi connectivity index (χ0) is 16.7.